The first-order valence-corrected chi connectivity index (χ1v) is 7.36. The Kier molecular flexibility index (Phi) is 7.03. The molecule has 7 nitrogen and oxygen atoms in total. The number of carbonyl (C=O) groups is 2. The summed E-state index contributed by atoms with van der Waals surface area (Å²) in [5.74, 6) is -0.576. The number of carbonyl (C=O) groups excluding carboxylic acids is 2. The maximum absolute atomic E-state index is 11.7. The van der Waals surface area contributed by atoms with Crippen molar-refractivity contribution in [3.63, 3.8) is 0 Å². The Hall–Kier alpha value is -1.90. The molecule has 2 rings (SSSR count). The Morgan fingerprint density at radius 1 is 1.45 bits per heavy atom. The summed E-state index contributed by atoms with van der Waals surface area (Å²) in [4.78, 5) is 29.8. The normalized spacial score (nSPS) is 10.0. The van der Waals surface area contributed by atoms with Crippen LogP contribution in [-0.2, 0) is 4.79 Å². The van der Waals surface area contributed by atoms with Gasteiger partial charge in [0.25, 0.3) is 5.91 Å². The number of nitrogens with two attached hydrogens (primary N) is 1. The number of hydrogen-bond donors (Lipinski definition) is 4. The second kappa shape index (κ2) is 8.52. The highest BCUT2D eigenvalue weighted by atomic mass is 35.5. The number of amides is 2. The van der Waals surface area contributed by atoms with Crippen molar-refractivity contribution in [3.05, 3.63) is 23.3 Å². The molecule has 0 aromatic carbocycles. The van der Waals surface area contributed by atoms with Gasteiger partial charge >= 0.3 is 0 Å². The van der Waals surface area contributed by atoms with Crippen molar-refractivity contribution < 1.29 is 9.59 Å². The highest BCUT2D eigenvalue weighted by Crippen LogP contribution is 2.25. The number of nitrogens with zero attached hydrogens (tertiary/aromatic N) is 1. The van der Waals surface area contributed by atoms with Crippen LogP contribution in [0.15, 0.2) is 17.6 Å². The Labute approximate surface area is 138 Å². The Morgan fingerprint density at radius 2 is 2.23 bits per heavy atom. The largest absolute Gasteiger partial charge is 0.364 e. The second-order valence-corrected chi connectivity index (χ2v) is 5.32. The van der Waals surface area contributed by atoms with Crippen LogP contribution in [0.5, 0.6) is 0 Å². The van der Waals surface area contributed by atoms with E-state index in [9.17, 15) is 9.59 Å². The topological polar surface area (TPSA) is 113 Å². The van der Waals surface area contributed by atoms with E-state index in [1.54, 1.807) is 12.3 Å². The number of aromatic amines is 1. The van der Waals surface area contributed by atoms with E-state index in [2.05, 4.69) is 20.6 Å². The molecule has 22 heavy (non-hydrogen) atoms. The Balaban J connectivity index is 0.00000242. The van der Waals surface area contributed by atoms with Gasteiger partial charge in [0.1, 0.15) is 5.69 Å². The summed E-state index contributed by atoms with van der Waals surface area (Å²) >= 11 is 1.34. The lowest BCUT2D eigenvalue weighted by atomic mass is 10.2. The molecule has 0 saturated heterocycles. The smallest absolute Gasteiger partial charge is 0.265 e. The van der Waals surface area contributed by atoms with Crippen molar-refractivity contribution in [2.45, 2.75) is 12.8 Å². The van der Waals surface area contributed by atoms with Crippen molar-refractivity contribution >= 4 is 40.7 Å². The fourth-order valence-electron chi connectivity index (χ4n) is 1.76. The SMILES string of the molecule is CNCCCC(=O)Nc1nc(-c2c[nH]c(C(N)=O)c2)cs1.Cl. The van der Waals surface area contributed by atoms with Crippen molar-refractivity contribution in [2.75, 3.05) is 18.9 Å². The quantitative estimate of drug-likeness (QED) is 0.572. The van der Waals surface area contributed by atoms with Gasteiger partial charge in [0, 0.05) is 23.6 Å². The summed E-state index contributed by atoms with van der Waals surface area (Å²) in [6, 6.07) is 1.63. The van der Waals surface area contributed by atoms with Crippen LogP contribution in [0.4, 0.5) is 5.13 Å². The number of thiazole rings is 1. The number of halogens is 1. The molecule has 0 fully saturated rings. The van der Waals surface area contributed by atoms with Gasteiger partial charge in [0.2, 0.25) is 5.91 Å². The highest BCUT2D eigenvalue weighted by molar-refractivity contribution is 7.14. The monoisotopic (exact) mass is 343 g/mol. The lowest BCUT2D eigenvalue weighted by molar-refractivity contribution is -0.116. The standard InChI is InChI=1S/C13H17N5O2S.ClH/c1-15-4-2-3-11(19)18-13-17-10(7-21-13)8-5-9(12(14)20)16-6-8;/h5-7,15-16H,2-4H2,1H3,(H2,14,20)(H,17,18,19);1H. The fraction of sp³-hybridized carbons (Fsp3) is 0.308. The molecule has 2 heterocycles. The maximum Gasteiger partial charge on any atom is 0.265 e. The molecule has 0 aliphatic rings. The first-order chi connectivity index (χ1) is 10.1. The molecule has 9 heteroatoms. The molecule has 0 bridgehead atoms. The van der Waals surface area contributed by atoms with Crippen LogP contribution in [-0.4, -0.2) is 35.4 Å². The number of primary amides is 1. The Bertz CT molecular complexity index is 640. The van der Waals surface area contributed by atoms with E-state index in [4.69, 9.17) is 5.73 Å². The molecule has 0 saturated carbocycles. The predicted octanol–water partition coefficient (Wildman–Crippen LogP) is 1.60. The van der Waals surface area contributed by atoms with E-state index in [0.717, 1.165) is 18.5 Å². The number of anilines is 1. The van der Waals surface area contributed by atoms with Crippen molar-refractivity contribution in [1.29, 1.82) is 0 Å². The van der Waals surface area contributed by atoms with Gasteiger partial charge in [-0.25, -0.2) is 4.98 Å². The zero-order chi connectivity index (χ0) is 15.2. The summed E-state index contributed by atoms with van der Waals surface area (Å²) in [5, 5.41) is 8.11. The van der Waals surface area contributed by atoms with E-state index >= 15 is 0 Å². The minimum absolute atomic E-state index is 0. The van der Waals surface area contributed by atoms with Crippen LogP contribution in [0.3, 0.4) is 0 Å². The van der Waals surface area contributed by atoms with Gasteiger partial charge in [-0.1, -0.05) is 0 Å². The predicted molar refractivity (Wildman–Crippen MR) is 89.5 cm³/mol. The molecule has 0 unspecified atom stereocenters. The van der Waals surface area contributed by atoms with E-state index in [1.807, 2.05) is 12.4 Å². The average Bonchev–Trinajstić information content (AvgIpc) is 3.07. The van der Waals surface area contributed by atoms with Crippen molar-refractivity contribution in [2.24, 2.45) is 5.73 Å². The molecule has 0 atom stereocenters. The van der Waals surface area contributed by atoms with Gasteiger partial charge in [-0.15, -0.1) is 23.7 Å². The third-order valence-corrected chi connectivity index (χ3v) is 3.58. The highest BCUT2D eigenvalue weighted by Gasteiger charge is 2.10. The lowest BCUT2D eigenvalue weighted by Crippen LogP contribution is -2.15. The van der Waals surface area contributed by atoms with Crippen LogP contribution in [0, 0.1) is 0 Å². The van der Waals surface area contributed by atoms with Crippen molar-refractivity contribution in [3.8, 4) is 11.3 Å². The molecular weight excluding hydrogens is 326 g/mol. The maximum atomic E-state index is 11.7. The van der Waals surface area contributed by atoms with Gasteiger partial charge in [-0.3, -0.25) is 9.59 Å². The van der Waals surface area contributed by atoms with E-state index < -0.39 is 5.91 Å². The van der Waals surface area contributed by atoms with Crippen LogP contribution in [0.1, 0.15) is 23.3 Å². The lowest BCUT2D eigenvalue weighted by Gasteiger charge is -2.00. The molecule has 5 N–H and O–H groups in total. The van der Waals surface area contributed by atoms with E-state index in [1.165, 1.54) is 11.3 Å². The molecule has 2 amide bonds. The number of nitrogens with one attached hydrogen (secondary N) is 3. The first kappa shape index (κ1) is 18.1. The third-order valence-electron chi connectivity index (χ3n) is 2.83. The summed E-state index contributed by atoms with van der Waals surface area (Å²) in [7, 11) is 1.85. The minimum atomic E-state index is -0.519. The molecule has 2 aromatic heterocycles. The zero-order valence-electron chi connectivity index (χ0n) is 12.0. The Morgan fingerprint density at radius 3 is 2.86 bits per heavy atom. The summed E-state index contributed by atoms with van der Waals surface area (Å²) in [5.41, 5.74) is 6.96. The fourth-order valence-corrected chi connectivity index (χ4v) is 2.49. The second-order valence-electron chi connectivity index (χ2n) is 4.46. The molecule has 120 valence electrons. The van der Waals surface area contributed by atoms with Gasteiger partial charge in [-0.05, 0) is 26.1 Å². The molecule has 0 radical (unpaired) electrons. The van der Waals surface area contributed by atoms with E-state index in [0.29, 0.717) is 22.9 Å². The van der Waals surface area contributed by atoms with E-state index in [-0.39, 0.29) is 18.3 Å². The number of rotatable bonds is 7. The molecule has 0 aliphatic heterocycles. The number of hydrogen-bond acceptors (Lipinski definition) is 5. The number of aromatic nitrogens is 2. The zero-order valence-corrected chi connectivity index (χ0v) is 13.6. The molecule has 0 spiro atoms. The van der Waals surface area contributed by atoms with Gasteiger partial charge in [-0.2, -0.15) is 0 Å². The molecular formula is C13H18ClN5O2S. The first-order valence-electron chi connectivity index (χ1n) is 6.48. The number of H-pyrrole nitrogens is 1. The van der Waals surface area contributed by atoms with Gasteiger partial charge < -0.3 is 21.4 Å². The van der Waals surface area contributed by atoms with Crippen LogP contribution < -0.4 is 16.4 Å². The summed E-state index contributed by atoms with van der Waals surface area (Å²) in [6.07, 6.45) is 2.89. The summed E-state index contributed by atoms with van der Waals surface area (Å²) in [6.45, 7) is 0.801. The van der Waals surface area contributed by atoms with Crippen LogP contribution in [0.2, 0.25) is 0 Å². The van der Waals surface area contributed by atoms with Gasteiger partial charge in [0.05, 0.1) is 5.69 Å². The van der Waals surface area contributed by atoms with Crippen LogP contribution in [0.25, 0.3) is 11.3 Å². The summed E-state index contributed by atoms with van der Waals surface area (Å²) < 4.78 is 0. The molecule has 0 aliphatic carbocycles. The minimum Gasteiger partial charge on any atom is -0.364 e. The van der Waals surface area contributed by atoms with Crippen molar-refractivity contribution in [1.82, 2.24) is 15.3 Å². The average molecular weight is 344 g/mol. The van der Waals surface area contributed by atoms with Gasteiger partial charge in [0.15, 0.2) is 5.13 Å². The van der Waals surface area contributed by atoms with Crippen LogP contribution >= 0.6 is 23.7 Å². The molecule has 2 aromatic rings. The third kappa shape index (κ3) is 4.83.